The van der Waals surface area contributed by atoms with E-state index < -0.39 is 11.8 Å². The first-order valence-electron chi connectivity index (χ1n) is 7.98. The maximum Gasteiger partial charge on any atom is 0.295 e. The molecule has 0 saturated heterocycles. The van der Waals surface area contributed by atoms with Crippen molar-refractivity contribution in [1.82, 2.24) is 5.06 Å². The first kappa shape index (κ1) is 15.9. The van der Waals surface area contributed by atoms with Crippen molar-refractivity contribution in [3.63, 3.8) is 0 Å². The molecule has 5 nitrogen and oxygen atoms in total. The summed E-state index contributed by atoms with van der Waals surface area (Å²) in [5.41, 5.74) is 1.43. The minimum Gasteiger partial charge on any atom is -0.348 e. The van der Waals surface area contributed by atoms with Crippen LogP contribution in [0.15, 0.2) is 59.6 Å². The zero-order chi connectivity index (χ0) is 16.9. The molecule has 2 amide bonds. The Labute approximate surface area is 140 Å². The average Bonchev–Trinajstić information content (AvgIpc) is 2.87. The maximum atomic E-state index is 12.4. The van der Waals surface area contributed by atoms with Crippen LogP contribution >= 0.6 is 0 Å². The smallest absolute Gasteiger partial charge is 0.295 e. The minimum atomic E-state index is -0.463. The fourth-order valence-corrected chi connectivity index (χ4v) is 2.43. The van der Waals surface area contributed by atoms with Crippen molar-refractivity contribution in [2.45, 2.75) is 19.8 Å². The summed E-state index contributed by atoms with van der Waals surface area (Å²) < 4.78 is 0. The van der Waals surface area contributed by atoms with Crippen LogP contribution in [-0.4, -0.2) is 29.3 Å². The molecule has 0 spiro atoms. The molecule has 0 bridgehead atoms. The number of carbonyl (C=O) groups is 2. The van der Waals surface area contributed by atoms with E-state index in [-0.39, 0.29) is 5.90 Å². The Morgan fingerprint density at radius 1 is 0.958 bits per heavy atom. The van der Waals surface area contributed by atoms with Crippen molar-refractivity contribution in [1.29, 1.82) is 0 Å². The van der Waals surface area contributed by atoms with Crippen molar-refractivity contribution in [3.05, 3.63) is 71.3 Å². The third kappa shape index (κ3) is 3.06. The van der Waals surface area contributed by atoms with E-state index in [9.17, 15) is 9.59 Å². The van der Waals surface area contributed by atoms with Crippen molar-refractivity contribution >= 4 is 17.7 Å². The lowest BCUT2D eigenvalue weighted by Gasteiger charge is -2.16. The summed E-state index contributed by atoms with van der Waals surface area (Å²) in [6.07, 6.45) is 1.90. The minimum absolute atomic E-state index is 0.276. The highest BCUT2D eigenvalue weighted by Gasteiger charge is 2.38. The number of carbonyl (C=O) groups excluding carboxylic acids is 2. The molecule has 0 atom stereocenters. The monoisotopic (exact) mass is 322 g/mol. The van der Waals surface area contributed by atoms with Crippen molar-refractivity contribution < 1.29 is 14.4 Å². The highest BCUT2D eigenvalue weighted by molar-refractivity contribution is 6.21. The van der Waals surface area contributed by atoms with E-state index in [0.29, 0.717) is 17.7 Å². The topological polar surface area (TPSA) is 59.0 Å². The molecular weight excluding hydrogens is 304 g/mol. The summed E-state index contributed by atoms with van der Waals surface area (Å²) >= 11 is 0. The lowest BCUT2D eigenvalue weighted by molar-refractivity contribution is -0.0220. The predicted octanol–water partition coefficient (Wildman–Crippen LogP) is 3.46. The zero-order valence-corrected chi connectivity index (χ0v) is 13.4. The van der Waals surface area contributed by atoms with Crippen LogP contribution in [0.25, 0.3) is 0 Å². The fraction of sp³-hybridized carbons (Fsp3) is 0.211. The summed E-state index contributed by atoms with van der Waals surface area (Å²) in [6, 6.07) is 16.0. The van der Waals surface area contributed by atoms with Crippen LogP contribution < -0.4 is 0 Å². The van der Waals surface area contributed by atoms with Gasteiger partial charge in [-0.1, -0.05) is 48.7 Å². The molecule has 2 aromatic carbocycles. The number of hydroxylamine groups is 2. The summed E-state index contributed by atoms with van der Waals surface area (Å²) in [7, 11) is 0. The summed E-state index contributed by atoms with van der Waals surface area (Å²) in [6.45, 7) is 2.65. The second-order valence-electron chi connectivity index (χ2n) is 5.45. The van der Waals surface area contributed by atoms with Gasteiger partial charge in [-0.2, -0.15) is 0 Å². The SMILES string of the molecule is CCCC/N=C(/ON1C(=O)c2ccccc2C1=O)c1ccccc1. The quantitative estimate of drug-likeness (QED) is 0.366. The van der Waals surface area contributed by atoms with Crippen LogP contribution in [0.4, 0.5) is 0 Å². The van der Waals surface area contributed by atoms with E-state index in [0.717, 1.165) is 23.5 Å². The standard InChI is InChI=1S/C19H18N2O3/c1-2-3-13-20-17(14-9-5-4-6-10-14)24-21-18(22)15-11-7-8-12-16(15)19(21)23/h4-12H,2-3,13H2,1H3/b20-17+. The molecule has 0 saturated carbocycles. The molecule has 1 heterocycles. The number of benzene rings is 2. The molecule has 0 aliphatic carbocycles. The maximum absolute atomic E-state index is 12.4. The van der Waals surface area contributed by atoms with Crippen LogP contribution in [0.5, 0.6) is 0 Å². The van der Waals surface area contributed by atoms with E-state index in [2.05, 4.69) is 11.9 Å². The Balaban J connectivity index is 1.87. The van der Waals surface area contributed by atoms with E-state index in [1.54, 1.807) is 24.3 Å². The van der Waals surface area contributed by atoms with Gasteiger partial charge >= 0.3 is 0 Å². The zero-order valence-electron chi connectivity index (χ0n) is 13.4. The van der Waals surface area contributed by atoms with Gasteiger partial charge in [0.25, 0.3) is 11.8 Å². The van der Waals surface area contributed by atoms with Gasteiger partial charge in [-0.15, -0.1) is 0 Å². The first-order chi connectivity index (χ1) is 11.7. The number of hydrogen-bond acceptors (Lipinski definition) is 4. The van der Waals surface area contributed by atoms with Gasteiger partial charge in [0.2, 0.25) is 5.90 Å². The highest BCUT2D eigenvalue weighted by atomic mass is 16.7. The third-order valence-corrected chi connectivity index (χ3v) is 3.72. The first-order valence-corrected chi connectivity index (χ1v) is 7.98. The molecule has 1 aliphatic rings. The van der Waals surface area contributed by atoms with Crippen LogP contribution in [0.3, 0.4) is 0 Å². The van der Waals surface area contributed by atoms with E-state index >= 15 is 0 Å². The van der Waals surface area contributed by atoms with Gasteiger partial charge in [0.05, 0.1) is 11.1 Å². The molecule has 1 aliphatic heterocycles. The molecule has 24 heavy (non-hydrogen) atoms. The fourth-order valence-electron chi connectivity index (χ4n) is 2.43. The van der Waals surface area contributed by atoms with Gasteiger partial charge in [0, 0.05) is 12.1 Å². The van der Waals surface area contributed by atoms with Gasteiger partial charge in [-0.05, 0) is 30.7 Å². The molecule has 0 unspecified atom stereocenters. The predicted molar refractivity (Wildman–Crippen MR) is 90.8 cm³/mol. The number of imide groups is 1. The molecule has 122 valence electrons. The summed E-state index contributed by atoms with van der Waals surface area (Å²) in [5.74, 6) is -0.650. The molecule has 5 heteroatoms. The Kier molecular flexibility index (Phi) is 4.70. The molecule has 3 rings (SSSR count). The molecule has 0 fully saturated rings. The Bertz CT molecular complexity index is 749. The molecule has 2 aromatic rings. The van der Waals surface area contributed by atoms with Gasteiger partial charge in [-0.25, -0.2) is 4.99 Å². The average molecular weight is 322 g/mol. The molecule has 0 radical (unpaired) electrons. The van der Waals surface area contributed by atoms with E-state index in [4.69, 9.17) is 4.84 Å². The second kappa shape index (κ2) is 7.08. The van der Waals surface area contributed by atoms with Crippen LogP contribution in [-0.2, 0) is 4.84 Å². The van der Waals surface area contributed by atoms with E-state index in [1.807, 2.05) is 30.3 Å². The summed E-state index contributed by atoms with van der Waals surface area (Å²) in [5, 5.41) is 0.794. The largest absolute Gasteiger partial charge is 0.348 e. The van der Waals surface area contributed by atoms with Gasteiger partial charge in [0.1, 0.15) is 0 Å². The second-order valence-corrected chi connectivity index (χ2v) is 5.45. The van der Waals surface area contributed by atoms with E-state index in [1.165, 1.54) is 0 Å². The van der Waals surface area contributed by atoms with Crippen molar-refractivity contribution in [3.8, 4) is 0 Å². The van der Waals surface area contributed by atoms with Crippen LogP contribution in [0, 0.1) is 0 Å². The summed E-state index contributed by atoms with van der Waals surface area (Å²) in [4.78, 5) is 34.9. The van der Waals surface area contributed by atoms with Gasteiger partial charge in [0.15, 0.2) is 0 Å². The normalized spacial score (nSPS) is 14.0. The molecule has 0 N–H and O–H groups in total. The highest BCUT2D eigenvalue weighted by Crippen LogP contribution is 2.23. The number of rotatable bonds is 5. The number of unbranched alkanes of at least 4 members (excludes halogenated alkanes) is 1. The lowest BCUT2D eigenvalue weighted by atomic mass is 10.1. The number of fused-ring (bicyclic) bond motifs is 1. The van der Waals surface area contributed by atoms with Crippen molar-refractivity contribution in [2.75, 3.05) is 6.54 Å². The number of nitrogens with zero attached hydrogens (tertiary/aromatic N) is 2. The number of hydrogen-bond donors (Lipinski definition) is 0. The van der Waals surface area contributed by atoms with Crippen LogP contribution in [0.1, 0.15) is 46.0 Å². The number of amides is 2. The Hall–Kier alpha value is -2.95. The van der Waals surface area contributed by atoms with Crippen LogP contribution in [0.2, 0.25) is 0 Å². The van der Waals surface area contributed by atoms with Gasteiger partial charge < -0.3 is 4.84 Å². The number of aliphatic imine (C=N–C) groups is 1. The molecule has 0 aromatic heterocycles. The van der Waals surface area contributed by atoms with Crippen molar-refractivity contribution in [2.24, 2.45) is 4.99 Å². The lowest BCUT2D eigenvalue weighted by Crippen LogP contribution is -2.33. The third-order valence-electron chi connectivity index (χ3n) is 3.72. The Morgan fingerprint density at radius 2 is 1.54 bits per heavy atom. The molecular formula is C19H18N2O3. The van der Waals surface area contributed by atoms with Gasteiger partial charge in [-0.3, -0.25) is 9.59 Å². The Morgan fingerprint density at radius 3 is 2.12 bits per heavy atom.